The summed E-state index contributed by atoms with van der Waals surface area (Å²) in [7, 11) is 0. The van der Waals surface area contributed by atoms with E-state index in [1.54, 1.807) is 23.5 Å². The van der Waals surface area contributed by atoms with Gasteiger partial charge in [0.05, 0.1) is 10.7 Å². The molecule has 1 atom stereocenters. The maximum absolute atomic E-state index is 12.9. The molecule has 0 bridgehead atoms. The Kier molecular flexibility index (Phi) is 3.62. The van der Waals surface area contributed by atoms with Gasteiger partial charge in [-0.2, -0.15) is 0 Å². The van der Waals surface area contributed by atoms with Gasteiger partial charge >= 0.3 is 0 Å². The predicted molar refractivity (Wildman–Crippen MR) is 75.9 cm³/mol. The van der Waals surface area contributed by atoms with Crippen LogP contribution in [-0.4, -0.2) is 23.0 Å². The molecule has 1 saturated heterocycles. The van der Waals surface area contributed by atoms with Crippen LogP contribution in [-0.2, 0) is 6.42 Å². The molecule has 1 aromatic heterocycles. The maximum atomic E-state index is 12.9. The molecule has 1 aliphatic heterocycles. The first-order valence-electron chi connectivity index (χ1n) is 6.63. The van der Waals surface area contributed by atoms with E-state index in [4.69, 9.17) is 0 Å². The number of hydrogen-bond donors (Lipinski definition) is 0. The molecule has 1 unspecified atom stereocenters. The van der Waals surface area contributed by atoms with E-state index in [1.165, 1.54) is 17.7 Å². The van der Waals surface area contributed by atoms with Gasteiger partial charge in [0, 0.05) is 30.9 Å². The lowest BCUT2D eigenvalue weighted by Crippen LogP contribution is -2.42. The number of likely N-dealkylation sites (tertiary alicyclic amines) is 1. The Morgan fingerprint density at radius 3 is 2.74 bits per heavy atom. The summed E-state index contributed by atoms with van der Waals surface area (Å²) in [6, 6.07) is 7.36. The minimum atomic E-state index is -0.160. The van der Waals surface area contributed by atoms with E-state index < -0.39 is 0 Å². The zero-order valence-corrected chi connectivity index (χ0v) is 11.8. The third kappa shape index (κ3) is 2.85. The van der Waals surface area contributed by atoms with Gasteiger partial charge in [0.1, 0.15) is 5.82 Å². The van der Waals surface area contributed by atoms with Crippen LogP contribution in [0.15, 0.2) is 29.6 Å². The van der Waals surface area contributed by atoms with Gasteiger partial charge in [-0.05, 0) is 31.0 Å². The average molecular weight is 276 g/mol. The number of hydrogen-bond acceptors (Lipinski definition) is 3. The topological polar surface area (TPSA) is 16.1 Å². The Morgan fingerprint density at radius 2 is 2.16 bits per heavy atom. The molecular formula is C15H17FN2S. The number of nitrogens with zero attached hydrogens (tertiary/aromatic N) is 2. The molecule has 1 aliphatic rings. The highest BCUT2D eigenvalue weighted by atomic mass is 32.1. The van der Waals surface area contributed by atoms with Crippen molar-refractivity contribution >= 4 is 11.3 Å². The van der Waals surface area contributed by atoms with Crippen LogP contribution in [0.25, 0.3) is 0 Å². The molecular weight excluding hydrogens is 259 g/mol. The van der Waals surface area contributed by atoms with Gasteiger partial charge in [-0.15, -0.1) is 11.3 Å². The van der Waals surface area contributed by atoms with Crippen LogP contribution in [0.2, 0.25) is 0 Å². The summed E-state index contributed by atoms with van der Waals surface area (Å²) >= 11 is 1.71. The fourth-order valence-corrected chi connectivity index (χ4v) is 3.20. The maximum Gasteiger partial charge on any atom is 0.123 e. The molecule has 2 aromatic rings. The highest BCUT2D eigenvalue weighted by molar-refractivity contribution is 7.09. The Hall–Kier alpha value is -1.26. The van der Waals surface area contributed by atoms with Crippen LogP contribution in [0.4, 0.5) is 4.39 Å². The molecule has 0 saturated carbocycles. The monoisotopic (exact) mass is 276 g/mol. The summed E-state index contributed by atoms with van der Waals surface area (Å²) in [4.78, 5) is 6.94. The summed E-state index contributed by atoms with van der Waals surface area (Å²) in [6.07, 6.45) is 2.17. The van der Waals surface area contributed by atoms with Crippen molar-refractivity contribution < 1.29 is 4.39 Å². The SMILES string of the molecule is Cc1nc(CCN2CCC2c2ccc(F)cc2)cs1. The van der Waals surface area contributed by atoms with E-state index in [1.807, 2.05) is 19.1 Å². The van der Waals surface area contributed by atoms with Crippen LogP contribution >= 0.6 is 11.3 Å². The van der Waals surface area contributed by atoms with Crippen molar-refractivity contribution in [3.63, 3.8) is 0 Å². The first kappa shape index (κ1) is 12.8. The van der Waals surface area contributed by atoms with Crippen molar-refractivity contribution in [1.82, 2.24) is 9.88 Å². The first-order valence-corrected chi connectivity index (χ1v) is 7.51. The van der Waals surface area contributed by atoms with Crippen LogP contribution in [0.3, 0.4) is 0 Å². The second kappa shape index (κ2) is 5.39. The van der Waals surface area contributed by atoms with E-state index in [2.05, 4.69) is 15.3 Å². The summed E-state index contributed by atoms with van der Waals surface area (Å²) < 4.78 is 12.9. The zero-order valence-electron chi connectivity index (χ0n) is 11.0. The van der Waals surface area contributed by atoms with Crippen molar-refractivity contribution in [3.05, 3.63) is 51.7 Å². The number of benzene rings is 1. The van der Waals surface area contributed by atoms with Gasteiger partial charge in [0.2, 0.25) is 0 Å². The lowest BCUT2D eigenvalue weighted by atomic mass is 9.94. The van der Waals surface area contributed by atoms with Crippen molar-refractivity contribution in [2.24, 2.45) is 0 Å². The quantitative estimate of drug-likeness (QED) is 0.848. The van der Waals surface area contributed by atoms with Gasteiger partial charge in [-0.25, -0.2) is 9.37 Å². The Morgan fingerprint density at radius 1 is 1.37 bits per heavy atom. The number of halogens is 1. The molecule has 0 N–H and O–H groups in total. The molecule has 0 aliphatic carbocycles. The second-order valence-corrected chi connectivity index (χ2v) is 6.06. The number of thiazole rings is 1. The molecule has 1 aromatic carbocycles. The number of aryl methyl sites for hydroxylation is 1. The smallest absolute Gasteiger partial charge is 0.123 e. The van der Waals surface area contributed by atoms with Crippen LogP contribution in [0.1, 0.15) is 28.7 Å². The Labute approximate surface area is 116 Å². The molecule has 100 valence electrons. The molecule has 0 radical (unpaired) electrons. The zero-order chi connectivity index (χ0) is 13.2. The van der Waals surface area contributed by atoms with Crippen molar-refractivity contribution in [1.29, 1.82) is 0 Å². The molecule has 4 heteroatoms. The Bertz CT molecular complexity index is 550. The van der Waals surface area contributed by atoms with Crippen LogP contribution < -0.4 is 0 Å². The standard InChI is InChI=1S/C15H17FN2S/c1-11-17-14(10-19-11)6-8-18-9-7-15(18)12-2-4-13(16)5-3-12/h2-5,10,15H,6-9H2,1H3. The highest BCUT2D eigenvalue weighted by Crippen LogP contribution is 2.33. The summed E-state index contributed by atoms with van der Waals surface area (Å²) in [5.74, 6) is -0.160. The summed E-state index contributed by atoms with van der Waals surface area (Å²) in [6.45, 7) is 4.20. The van der Waals surface area contributed by atoms with E-state index in [-0.39, 0.29) is 5.82 Å². The van der Waals surface area contributed by atoms with E-state index in [9.17, 15) is 4.39 Å². The van der Waals surface area contributed by atoms with Gasteiger partial charge in [-0.3, -0.25) is 4.90 Å². The number of rotatable bonds is 4. The van der Waals surface area contributed by atoms with Gasteiger partial charge in [0.25, 0.3) is 0 Å². The molecule has 2 nitrogen and oxygen atoms in total. The predicted octanol–water partition coefficient (Wildman–Crippen LogP) is 3.58. The second-order valence-electron chi connectivity index (χ2n) is 5.00. The highest BCUT2D eigenvalue weighted by Gasteiger charge is 2.28. The molecule has 3 rings (SSSR count). The molecule has 19 heavy (non-hydrogen) atoms. The minimum Gasteiger partial charge on any atom is -0.296 e. The fourth-order valence-electron chi connectivity index (χ4n) is 2.55. The number of aromatic nitrogens is 1. The molecule has 2 heterocycles. The summed E-state index contributed by atoms with van der Waals surface area (Å²) in [5.41, 5.74) is 2.41. The van der Waals surface area contributed by atoms with E-state index in [0.717, 1.165) is 24.5 Å². The lowest BCUT2D eigenvalue weighted by Gasteiger charge is -2.41. The van der Waals surface area contributed by atoms with Crippen LogP contribution in [0.5, 0.6) is 0 Å². The van der Waals surface area contributed by atoms with Crippen molar-refractivity contribution in [2.75, 3.05) is 13.1 Å². The van der Waals surface area contributed by atoms with Crippen molar-refractivity contribution in [3.8, 4) is 0 Å². The average Bonchev–Trinajstić information content (AvgIpc) is 2.77. The van der Waals surface area contributed by atoms with Gasteiger partial charge in [0.15, 0.2) is 0 Å². The lowest BCUT2D eigenvalue weighted by molar-refractivity contribution is 0.0921. The molecule has 1 fully saturated rings. The largest absolute Gasteiger partial charge is 0.296 e. The Balaban J connectivity index is 1.59. The fraction of sp³-hybridized carbons (Fsp3) is 0.400. The first-order chi connectivity index (χ1) is 9.22. The minimum absolute atomic E-state index is 0.160. The molecule has 0 amide bonds. The van der Waals surface area contributed by atoms with E-state index in [0.29, 0.717) is 6.04 Å². The third-order valence-electron chi connectivity index (χ3n) is 3.71. The third-order valence-corrected chi connectivity index (χ3v) is 4.53. The molecule has 0 spiro atoms. The van der Waals surface area contributed by atoms with E-state index >= 15 is 0 Å². The van der Waals surface area contributed by atoms with Gasteiger partial charge in [-0.1, -0.05) is 12.1 Å². The van der Waals surface area contributed by atoms with Crippen LogP contribution in [0, 0.1) is 12.7 Å². The van der Waals surface area contributed by atoms with Crippen molar-refractivity contribution in [2.45, 2.75) is 25.8 Å². The normalized spacial score (nSPS) is 19.4. The summed E-state index contributed by atoms with van der Waals surface area (Å²) in [5, 5.41) is 3.27. The van der Waals surface area contributed by atoms with Gasteiger partial charge < -0.3 is 0 Å².